The molecule has 1 heterocycles. The first-order chi connectivity index (χ1) is 12.1. The Hall–Kier alpha value is -1.49. The molecule has 2 aromatic carbocycles. The Morgan fingerprint density at radius 1 is 1.08 bits per heavy atom. The van der Waals surface area contributed by atoms with Crippen LogP contribution in [-0.2, 0) is 13.0 Å². The summed E-state index contributed by atoms with van der Waals surface area (Å²) in [6, 6.07) is 12.4. The average molecular weight is 395 g/mol. The van der Waals surface area contributed by atoms with Crippen molar-refractivity contribution in [2.24, 2.45) is 0 Å². The van der Waals surface area contributed by atoms with Gasteiger partial charge in [0, 0.05) is 29.1 Å². The van der Waals surface area contributed by atoms with Crippen LogP contribution in [0.3, 0.4) is 0 Å². The summed E-state index contributed by atoms with van der Waals surface area (Å²) in [6.45, 7) is 0.839. The first-order valence-corrected chi connectivity index (χ1v) is 9.55. The molecule has 0 bridgehead atoms. The van der Waals surface area contributed by atoms with Gasteiger partial charge in [-0.15, -0.1) is 11.8 Å². The molecular weight excluding hydrogens is 378 g/mol. The van der Waals surface area contributed by atoms with Gasteiger partial charge in [-0.05, 0) is 48.7 Å². The third kappa shape index (κ3) is 5.50. The van der Waals surface area contributed by atoms with Gasteiger partial charge in [0.15, 0.2) is 0 Å². The minimum Gasteiger partial charge on any atom is -0.336 e. The van der Waals surface area contributed by atoms with Crippen LogP contribution < -0.4 is 0 Å². The summed E-state index contributed by atoms with van der Waals surface area (Å²) in [5.74, 6) is -0.205. The first kappa shape index (κ1) is 18.3. The second-order valence-electron chi connectivity index (χ2n) is 5.74. The highest BCUT2D eigenvalue weighted by Crippen LogP contribution is 2.32. The summed E-state index contributed by atoms with van der Waals surface area (Å²) >= 11 is 13.9. The number of aryl methyl sites for hydroxylation is 1. The summed E-state index contributed by atoms with van der Waals surface area (Å²) in [5.41, 5.74) is 1.13. The molecule has 25 heavy (non-hydrogen) atoms. The molecule has 0 amide bonds. The number of halogens is 3. The Kier molecular flexibility index (Phi) is 6.40. The minimum atomic E-state index is -0.205. The molecule has 2 nitrogen and oxygen atoms in total. The zero-order chi connectivity index (χ0) is 17.6. The molecule has 0 aliphatic carbocycles. The molecule has 0 radical (unpaired) electrons. The van der Waals surface area contributed by atoms with Crippen molar-refractivity contribution in [2.45, 2.75) is 29.5 Å². The van der Waals surface area contributed by atoms with Gasteiger partial charge in [0.05, 0.1) is 16.4 Å². The minimum absolute atomic E-state index is 0.205. The van der Waals surface area contributed by atoms with E-state index in [4.69, 9.17) is 23.2 Å². The maximum absolute atomic E-state index is 13.1. The van der Waals surface area contributed by atoms with Crippen molar-refractivity contribution in [3.8, 4) is 0 Å². The van der Waals surface area contributed by atoms with Crippen LogP contribution >= 0.6 is 35.0 Å². The van der Waals surface area contributed by atoms with E-state index in [9.17, 15) is 4.39 Å². The third-order valence-corrected chi connectivity index (χ3v) is 5.82. The molecule has 130 valence electrons. The molecule has 0 aliphatic rings. The average Bonchev–Trinajstić information content (AvgIpc) is 3.10. The van der Waals surface area contributed by atoms with E-state index < -0.39 is 0 Å². The lowest BCUT2D eigenvalue weighted by Crippen LogP contribution is -2.13. The van der Waals surface area contributed by atoms with Crippen LogP contribution in [-0.4, -0.2) is 14.8 Å². The van der Waals surface area contributed by atoms with Gasteiger partial charge in [0.1, 0.15) is 5.82 Å². The SMILES string of the molecule is Fc1ccc(CCC(Cn2ccnc2)Sc2ccc(Cl)c(Cl)c2)cc1. The Morgan fingerprint density at radius 3 is 2.56 bits per heavy atom. The Labute approximate surface area is 161 Å². The van der Waals surface area contributed by atoms with E-state index in [2.05, 4.69) is 9.55 Å². The topological polar surface area (TPSA) is 17.8 Å². The molecule has 6 heteroatoms. The smallest absolute Gasteiger partial charge is 0.123 e. The van der Waals surface area contributed by atoms with Gasteiger partial charge in [-0.25, -0.2) is 9.37 Å². The molecule has 0 saturated heterocycles. The predicted molar refractivity (Wildman–Crippen MR) is 103 cm³/mol. The normalized spacial score (nSPS) is 12.3. The number of hydrogen-bond donors (Lipinski definition) is 0. The highest BCUT2D eigenvalue weighted by atomic mass is 35.5. The van der Waals surface area contributed by atoms with Crippen LogP contribution in [0.1, 0.15) is 12.0 Å². The number of imidazole rings is 1. The van der Waals surface area contributed by atoms with E-state index in [0.29, 0.717) is 15.3 Å². The van der Waals surface area contributed by atoms with Crippen LogP contribution in [0, 0.1) is 5.82 Å². The van der Waals surface area contributed by atoms with Crippen molar-refractivity contribution in [3.05, 3.63) is 82.6 Å². The Morgan fingerprint density at radius 2 is 1.88 bits per heavy atom. The quantitative estimate of drug-likeness (QED) is 0.449. The van der Waals surface area contributed by atoms with E-state index >= 15 is 0 Å². The van der Waals surface area contributed by atoms with E-state index in [1.807, 2.05) is 42.9 Å². The number of thioether (sulfide) groups is 1. The van der Waals surface area contributed by atoms with Crippen molar-refractivity contribution in [1.82, 2.24) is 9.55 Å². The van der Waals surface area contributed by atoms with Crippen molar-refractivity contribution in [2.75, 3.05) is 0 Å². The van der Waals surface area contributed by atoms with Gasteiger partial charge in [0.25, 0.3) is 0 Å². The second-order valence-corrected chi connectivity index (χ2v) is 7.93. The summed E-state index contributed by atoms with van der Waals surface area (Å²) in [4.78, 5) is 5.19. The van der Waals surface area contributed by atoms with Crippen LogP contribution in [0.25, 0.3) is 0 Å². The molecule has 0 spiro atoms. The van der Waals surface area contributed by atoms with E-state index in [-0.39, 0.29) is 5.82 Å². The molecule has 0 aliphatic heterocycles. The first-order valence-electron chi connectivity index (χ1n) is 7.92. The van der Waals surface area contributed by atoms with Crippen molar-refractivity contribution >= 4 is 35.0 Å². The summed E-state index contributed by atoms with van der Waals surface area (Å²) < 4.78 is 15.1. The van der Waals surface area contributed by atoms with Crippen molar-refractivity contribution in [1.29, 1.82) is 0 Å². The van der Waals surface area contributed by atoms with E-state index in [0.717, 1.165) is 29.8 Å². The summed E-state index contributed by atoms with van der Waals surface area (Å²) in [5, 5.41) is 1.45. The molecule has 1 atom stereocenters. The standard InChI is InChI=1S/C19H17Cl2FN2S/c20-18-8-7-16(11-19(18)21)25-17(12-24-10-9-23-13-24)6-3-14-1-4-15(22)5-2-14/h1-2,4-5,7-11,13,17H,3,6,12H2. The highest BCUT2D eigenvalue weighted by Gasteiger charge is 2.13. The monoisotopic (exact) mass is 394 g/mol. The molecule has 3 aromatic rings. The van der Waals surface area contributed by atoms with Crippen LogP contribution in [0.5, 0.6) is 0 Å². The highest BCUT2D eigenvalue weighted by molar-refractivity contribution is 8.00. The van der Waals surface area contributed by atoms with E-state index in [1.54, 1.807) is 18.0 Å². The lowest BCUT2D eigenvalue weighted by atomic mass is 10.1. The van der Waals surface area contributed by atoms with Gasteiger partial charge in [-0.1, -0.05) is 35.3 Å². The largest absolute Gasteiger partial charge is 0.336 e. The second kappa shape index (κ2) is 8.75. The Balaban J connectivity index is 1.69. The number of hydrogen-bond acceptors (Lipinski definition) is 2. The number of rotatable bonds is 7. The summed E-state index contributed by atoms with van der Waals surface area (Å²) in [6.07, 6.45) is 7.39. The number of aromatic nitrogens is 2. The lowest BCUT2D eigenvalue weighted by Gasteiger charge is -2.17. The molecule has 1 unspecified atom stereocenters. The van der Waals surface area contributed by atoms with E-state index in [1.165, 1.54) is 12.1 Å². The fourth-order valence-corrected chi connectivity index (χ4v) is 4.10. The maximum Gasteiger partial charge on any atom is 0.123 e. The molecular formula is C19H17Cl2FN2S. The fraction of sp³-hybridized carbons (Fsp3) is 0.211. The third-order valence-electron chi connectivity index (χ3n) is 3.84. The molecule has 3 rings (SSSR count). The van der Waals surface area contributed by atoms with Crippen LogP contribution in [0.4, 0.5) is 4.39 Å². The molecule has 0 fully saturated rings. The maximum atomic E-state index is 13.1. The molecule has 1 aromatic heterocycles. The van der Waals surface area contributed by atoms with Gasteiger partial charge in [0.2, 0.25) is 0 Å². The van der Waals surface area contributed by atoms with Crippen LogP contribution in [0.2, 0.25) is 10.0 Å². The molecule has 0 N–H and O–H groups in total. The van der Waals surface area contributed by atoms with Crippen molar-refractivity contribution < 1.29 is 4.39 Å². The summed E-state index contributed by atoms with van der Waals surface area (Å²) in [7, 11) is 0. The zero-order valence-electron chi connectivity index (χ0n) is 13.4. The van der Waals surface area contributed by atoms with Gasteiger partial charge < -0.3 is 4.57 Å². The predicted octanol–water partition coefficient (Wildman–Crippen LogP) is 6.12. The van der Waals surface area contributed by atoms with Gasteiger partial charge in [-0.2, -0.15) is 0 Å². The Bertz CT molecular complexity index is 807. The van der Waals surface area contributed by atoms with Crippen molar-refractivity contribution in [3.63, 3.8) is 0 Å². The lowest BCUT2D eigenvalue weighted by molar-refractivity contribution is 0.618. The number of benzene rings is 2. The van der Waals surface area contributed by atoms with Gasteiger partial charge in [-0.3, -0.25) is 0 Å². The zero-order valence-corrected chi connectivity index (χ0v) is 15.7. The number of nitrogens with zero attached hydrogens (tertiary/aromatic N) is 2. The van der Waals surface area contributed by atoms with Crippen LogP contribution in [0.15, 0.2) is 66.1 Å². The fourth-order valence-electron chi connectivity index (χ4n) is 2.54. The van der Waals surface area contributed by atoms with Gasteiger partial charge >= 0.3 is 0 Å². The molecule has 0 saturated carbocycles.